The number of pyridine rings is 1. The molecule has 2 aromatic rings. The van der Waals surface area contributed by atoms with Gasteiger partial charge < -0.3 is 15.7 Å². The number of carbonyl (C=O) groups excluding carboxylic acids is 1. The molecule has 0 bridgehead atoms. The first-order valence-electron chi connectivity index (χ1n) is 8.98. The van der Waals surface area contributed by atoms with Gasteiger partial charge in [0.2, 0.25) is 0 Å². The molecule has 1 atom stereocenters. The minimum atomic E-state index is -0.792. The highest BCUT2D eigenvalue weighted by molar-refractivity contribution is 6.30. The van der Waals surface area contributed by atoms with E-state index in [0.717, 1.165) is 43.2 Å². The lowest BCUT2D eigenvalue weighted by molar-refractivity contribution is 0.00715. The second kappa shape index (κ2) is 8.52. The molecule has 1 aliphatic carbocycles. The zero-order valence-corrected chi connectivity index (χ0v) is 15.4. The van der Waals surface area contributed by atoms with E-state index in [9.17, 15) is 9.90 Å². The van der Waals surface area contributed by atoms with Crippen LogP contribution < -0.4 is 10.6 Å². The number of amides is 2. The molecule has 0 aliphatic heterocycles. The van der Waals surface area contributed by atoms with E-state index in [0.29, 0.717) is 5.02 Å². The van der Waals surface area contributed by atoms with Crippen molar-refractivity contribution in [2.24, 2.45) is 0 Å². The van der Waals surface area contributed by atoms with Gasteiger partial charge in [-0.1, -0.05) is 49.1 Å². The quantitative estimate of drug-likeness (QED) is 0.745. The molecule has 5 nitrogen and oxygen atoms in total. The van der Waals surface area contributed by atoms with Crippen molar-refractivity contribution in [1.29, 1.82) is 0 Å². The van der Waals surface area contributed by atoms with Crippen LogP contribution in [0.5, 0.6) is 0 Å². The third-order valence-corrected chi connectivity index (χ3v) is 5.11. The number of carbonyl (C=O) groups is 1. The van der Waals surface area contributed by atoms with Crippen LogP contribution in [0.1, 0.15) is 49.3 Å². The summed E-state index contributed by atoms with van der Waals surface area (Å²) in [6, 6.07) is 10.5. The van der Waals surface area contributed by atoms with Crippen LogP contribution in [0.2, 0.25) is 5.02 Å². The van der Waals surface area contributed by atoms with Gasteiger partial charge in [-0.15, -0.1) is 0 Å². The number of aromatic nitrogens is 1. The second-order valence-corrected chi connectivity index (χ2v) is 7.32. The summed E-state index contributed by atoms with van der Waals surface area (Å²) < 4.78 is 0. The number of halogens is 1. The van der Waals surface area contributed by atoms with Crippen LogP contribution in [-0.2, 0) is 0 Å². The zero-order valence-electron chi connectivity index (χ0n) is 14.6. The van der Waals surface area contributed by atoms with Crippen molar-refractivity contribution in [3.05, 3.63) is 64.9 Å². The van der Waals surface area contributed by atoms with E-state index in [2.05, 4.69) is 15.6 Å². The number of aliphatic hydroxyl groups is 1. The van der Waals surface area contributed by atoms with Crippen molar-refractivity contribution in [2.75, 3.05) is 6.54 Å². The number of nitrogens with zero attached hydrogens (tertiary/aromatic N) is 1. The topological polar surface area (TPSA) is 74.2 Å². The first-order chi connectivity index (χ1) is 12.6. The molecular formula is C20H24ClN3O2. The Hall–Kier alpha value is -2.11. The van der Waals surface area contributed by atoms with E-state index < -0.39 is 5.60 Å². The van der Waals surface area contributed by atoms with Crippen molar-refractivity contribution in [1.82, 2.24) is 15.6 Å². The molecule has 0 spiro atoms. The van der Waals surface area contributed by atoms with Crippen LogP contribution in [0.25, 0.3) is 0 Å². The number of nitrogens with one attached hydrogen (secondary N) is 2. The molecule has 1 aliphatic rings. The van der Waals surface area contributed by atoms with Crippen molar-refractivity contribution < 1.29 is 9.90 Å². The van der Waals surface area contributed by atoms with Gasteiger partial charge in [-0.25, -0.2) is 4.79 Å². The van der Waals surface area contributed by atoms with E-state index in [4.69, 9.17) is 11.6 Å². The Labute approximate surface area is 158 Å². The molecule has 26 heavy (non-hydrogen) atoms. The number of hydrogen-bond donors (Lipinski definition) is 3. The highest BCUT2D eigenvalue weighted by Crippen LogP contribution is 2.27. The normalized spacial score (nSPS) is 17.3. The van der Waals surface area contributed by atoms with Crippen LogP contribution >= 0.6 is 11.6 Å². The average molecular weight is 374 g/mol. The van der Waals surface area contributed by atoms with E-state index in [-0.39, 0.29) is 18.6 Å². The van der Waals surface area contributed by atoms with E-state index in [1.54, 1.807) is 24.5 Å². The molecule has 1 aromatic heterocycles. The Bertz CT molecular complexity index is 716. The van der Waals surface area contributed by atoms with Crippen LogP contribution in [0.15, 0.2) is 48.8 Å². The Kier molecular flexibility index (Phi) is 6.12. The molecule has 1 fully saturated rings. The van der Waals surface area contributed by atoms with Gasteiger partial charge >= 0.3 is 6.03 Å². The molecule has 2 amide bonds. The SMILES string of the molecule is O=C(NCC1(O)CCCCC1)N[C@@H](c1ccc(Cl)cc1)c1cccnc1. The second-order valence-electron chi connectivity index (χ2n) is 6.88. The Morgan fingerprint density at radius 1 is 1.15 bits per heavy atom. The maximum Gasteiger partial charge on any atom is 0.315 e. The third kappa shape index (κ3) is 4.96. The first-order valence-corrected chi connectivity index (χ1v) is 9.36. The average Bonchev–Trinajstić information content (AvgIpc) is 2.67. The van der Waals surface area contributed by atoms with Gasteiger partial charge in [0.1, 0.15) is 0 Å². The Morgan fingerprint density at radius 2 is 1.88 bits per heavy atom. The predicted molar refractivity (Wildman–Crippen MR) is 102 cm³/mol. The molecule has 6 heteroatoms. The molecular weight excluding hydrogens is 350 g/mol. The first kappa shape index (κ1) is 18.7. The summed E-state index contributed by atoms with van der Waals surface area (Å²) in [5.41, 5.74) is 0.995. The summed E-state index contributed by atoms with van der Waals surface area (Å²) >= 11 is 5.98. The van der Waals surface area contributed by atoms with E-state index >= 15 is 0 Å². The van der Waals surface area contributed by atoms with Crippen LogP contribution in [-0.4, -0.2) is 28.3 Å². The molecule has 138 valence electrons. The maximum atomic E-state index is 12.5. The fourth-order valence-electron chi connectivity index (χ4n) is 3.37. The molecule has 0 saturated heterocycles. The van der Waals surface area contributed by atoms with Gasteiger partial charge in [-0.2, -0.15) is 0 Å². The van der Waals surface area contributed by atoms with Gasteiger partial charge in [0, 0.05) is 24.0 Å². The molecule has 1 aromatic carbocycles. The maximum absolute atomic E-state index is 12.5. The summed E-state index contributed by atoms with van der Waals surface area (Å²) in [6.45, 7) is 0.263. The third-order valence-electron chi connectivity index (χ3n) is 4.86. The van der Waals surface area contributed by atoms with Gasteiger partial charge in [-0.3, -0.25) is 4.98 Å². The van der Waals surface area contributed by atoms with Crippen LogP contribution in [0, 0.1) is 0 Å². The van der Waals surface area contributed by atoms with Gasteiger partial charge in [0.25, 0.3) is 0 Å². The number of rotatable bonds is 5. The van der Waals surface area contributed by atoms with Gasteiger partial charge in [-0.05, 0) is 42.2 Å². The molecule has 3 N–H and O–H groups in total. The smallest absolute Gasteiger partial charge is 0.315 e. The highest BCUT2D eigenvalue weighted by Gasteiger charge is 2.29. The Balaban J connectivity index is 1.69. The summed E-state index contributed by atoms with van der Waals surface area (Å²) in [4.78, 5) is 16.6. The zero-order chi connectivity index (χ0) is 18.4. The van der Waals surface area contributed by atoms with Crippen LogP contribution in [0.4, 0.5) is 4.79 Å². The number of hydrogen-bond acceptors (Lipinski definition) is 3. The summed E-state index contributed by atoms with van der Waals surface area (Å²) in [5.74, 6) is 0. The van der Waals surface area contributed by atoms with Crippen molar-refractivity contribution in [2.45, 2.75) is 43.7 Å². The molecule has 0 unspecified atom stereocenters. The number of urea groups is 1. The van der Waals surface area contributed by atoms with Gasteiger partial charge in [0.05, 0.1) is 11.6 Å². The lowest BCUT2D eigenvalue weighted by Gasteiger charge is -2.32. The van der Waals surface area contributed by atoms with E-state index in [1.807, 2.05) is 24.3 Å². The largest absolute Gasteiger partial charge is 0.388 e. The molecule has 0 radical (unpaired) electrons. The minimum Gasteiger partial charge on any atom is -0.388 e. The molecule has 3 rings (SSSR count). The lowest BCUT2D eigenvalue weighted by atomic mass is 9.85. The summed E-state index contributed by atoms with van der Waals surface area (Å²) in [7, 11) is 0. The van der Waals surface area contributed by atoms with Crippen molar-refractivity contribution in [3.8, 4) is 0 Å². The monoisotopic (exact) mass is 373 g/mol. The highest BCUT2D eigenvalue weighted by atomic mass is 35.5. The van der Waals surface area contributed by atoms with Crippen LogP contribution in [0.3, 0.4) is 0 Å². The van der Waals surface area contributed by atoms with Crippen molar-refractivity contribution >= 4 is 17.6 Å². The van der Waals surface area contributed by atoms with E-state index in [1.165, 1.54) is 0 Å². The number of benzene rings is 1. The van der Waals surface area contributed by atoms with Gasteiger partial charge in [0.15, 0.2) is 0 Å². The minimum absolute atomic E-state index is 0.263. The summed E-state index contributed by atoms with van der Waals surface area (Å²) in [6.07, 6.45) is 8.04. The predicted octanol–water partition coefficient (Wildman–Crippen LogP) is 3.82. The fourth-order valence-corrected chi connectivity index (χ4v) is 3.50. The standard InChI is InChI=1S/C20H24ClN3O2/c21-17-8-6-15(7-9-17)18(16-5-4-12-22-13-16)24-19(25)23-14-20(26)10-2-1-3-11-20/h4-9,12-13,18,26H,1-3,10-11,14H2,(H2,23,24,25)/t18-/m0/s1. The molecule has 1 heterocycles. The van der Waals surface area contributed by atoms with Crippen molar-refractivity contribution in [3.63, 3.8) is 0 Å². The fraction of sp³-hybridized carbons (Fsp3) is 0.400. The molecule has 1 saturated carbocycles. The Morgan fingerprint density at radius 3 is 2.54 bits per heavy atom. The summed E-state index contributed by atoms with van der Waals surface area (Å²) in [5, 5.41) is 17.0. The lowest BCUT2D eigenvalue weighted by Crippen LogP contribution is -2.48.